The third-order valence-corrected chi connectivity index (χ3v) is 2.85. The van der Waals surface area contributed by atoms with Gasteiger partial charge in [-0.05, 0) is 11.6 Å². The Morgan fingerprint density at radius 3 is 2.33 bits per heavy atom. The molecule has 0 spiro atoms. The Labute approximate surface area is 96.9 Å². The number of hydrogen-bond acceptors (Lipinski definition) is 1. The van der Waals surface area contributed by atoms with Gasteiger partial charge in [-0.3, -0.25) is 4.79 Å². The summed E-state index contributed by atoms with van der Waals surface area (Å²) in [6.07, 6.45) is 1.95. The second kappa shape index (κ2) is 4.41. The smallest absolute Gasteiger partial charge is 0.234 e. The quantitative estimate of drug-likeness (QED) is 0.806. The zero-order valence-electron chi connectivity index (χ0n) is 7.91. The second-order valence-electron chi connectivity index (χ2n) is 3.13. The molecule has 2 aromatic rings. The molecule has 2 heteroatoms. The van der Waals surface area contributed by atoms with Crippen molar-refractivity contribution < 1.29 is 4.79 Å². The summed E-state index contributed by atoms with van der Waals surface area (Å²) >= 11 is 3.45. The molecule has 73 valence electrons. The van der Waals surface area contributed by atoms with Crippen molar-refractivity contribution in [3.05, 3.63) is 58.6 Å². The van der Waals surface area contributed by atoms with Crippen LogP contribution in [0.1, 0.15) is 5.56 Å². The summed E-state index contributed by atoms with van der Waals surface area (Å²) in [5, 5.41) is 0. The van der Waals surface area contributed by atoms with Gasteiger partial charge in [-0.25, -0.2) is 0 Å². The van der Waals surface area contributed by atoms with Crippen LogP contribution in [0.5, 0.6) is 0 Å². The Morgan fingerprint density at radius 1 is 0.933 bits per heavy atom. The average molecular weight is 260 g/mol. The lowest BCUT2D eigenvalue weighted by molar-refractivity contribution is 0.563. The lowest BCUT2D eigenvalue weighted by Crippen LogP contribution is -1.88. The topological polar surface area (TPSA) is 17.1 Å². The Morgan fingerprint density at radius 2 is 1.67 bits per heavy atom. The van der Waals surface area contributed by atoms with Crippen LogP contribution < -0.4 is 0 Å². The zero-order chi connectivity index (χ0) is 10.7. The molecule has 2 aromatic carbocycles. The van der Waals surface area contributed by atoms with Gasteiger partial charge in [-0.1, -0.05) is 58.4 Å². The molecular weight excluding hydrogens is 252 g/mol. The van der Waals surface area contributed by atoms with E-state index < -0.39 is 0 Å². The van der Waals surface area contributed by atoms with Crippen molar-refractivity contribution in [1.82, 2.24) is 0 Å². The van der Waals surface area contributed by atoms with Crippen LogP contribution in [0.4, 0.5) is 0 Å². The van der Waals surface area contributed by atoms with E-state index in [0.717, 1.165) is 15.6 Å². The molecule has 0 fully saturated rings. The molecule has 0 atom stereocenters. The predicted molar refractivity (Wildman–Crippen MR) is 64.4 cm³/mol. The molecule has 0 aliphatic heterocycles. The Bertz CT molecular complexity index is 477. The van der Waals surface area contributed by atoms with Gasteiger partial charge in [0.1, 0.15) is 0 Å². The largest absolute Gasteiger partial charge is 0.285 e. The first-order valence-corrected chi connectivity index (χ1v) is 5.34. The lowest BCUT2D eigenvalue weighted by Gasteiger charge is -2.06. The van der Waals surface area contributed by atoms with Gasteiger partial charge in [0.2, 0.25) is 6.29 Å². The van der Waals surface area contributed by atoms with Crippen LogP contribution in [0.2, 0.25) is 0 Å². The summed E-state index contributed by atoms with van der Waals surface area (Å²) in [4.78, 5) is 10.8. The van der Waals surface area contributed by atoms with Crippen molar-refractivity contribution in [3.8, 4) is 11.1 Å². The Hall–Kier alpha value is -1.41. The highest BCUT2D eigenvalue weighted by Gasteiger charge is 2.07. The molecule has 1 nitrogen and oxygen atoms in total. The van der Waals surface area contributed by atoms with E-state index >= 15 is 0 Å². The second-order valence-corrected chi connectivity index (χ2v) is 3.98. The fourth-order valence-corrected chi connectivity index (χ4v) is 2.10. The standard InChI is InChI=1S/C13H8BrO/c14-12-8-4-7-11(9-15)13(12)10-5-2-1-3-6-10/h1-8H. The molecule has 0 saturated heterocycles. The Balaban J connectivity index is 2.66. The van der Waals surface area contributed by atoms with Crippen LogP contribution in [0.25, 0.3) is 11.1 Å². The van der Waals surface area contributed by atoms with Crippen LogP contribution >= 0.6 is 15.9 Å². The molecule has 0 aromatic heterocycles. The minimum atomic E-state index is 0.579. The highest BCUT2D eigenvalue weighted by Crippen LogP contribution is 2.30. The van der Waals surface area contributed by atoms with E-state index in [4.69, 9.17) is 0 Å². The number of rotatable bonds is 2. The highest BCUT2D eigenvalue weighted by molar-refractivity contribution is 9.10. The van der Waals surface area contributed by atoms with Gasteiger partial charge in [0.05, 0.1) is 0 Å². The van der Waals surface area contributed by atoms with Crippen LogP contribution in [0, 0.1) is 0 Å². The third-order valence-electron chi connectivity index (χ3n) is 2.19. The number of carbonyl (C=O) groups excluding carboxylic acids is 1. The first kappa shape index (κ1) is 10.1. The number of benzene rings is 2. The summed E-state index contributed by atoms with van der Waals surface area (Å²) in [5.41, 5.74) is 2.49. The highest BCUT2D eigenvalue weighted by atomic mass is 79.9. The van der Waals surface area contributed by atoms with E-state index in [1.54, 1.807) is 6.07 Å². The van der Waals surface area contributed by atoms with E-state index in [2.05, 4.69) is 15.9 Å². The van der Waals surface area contributed by atoms with Crippen LogP contribution in [0.3, 0.4) is 0 Å². The fourth-order valence-electron chi connectivity index (χ4n) is 1.51. The van der Waals surface area contributed by atoms with Crippen molar-refractivity contribution in [2.24, 2.45) is 0 Å². The van der Waals surface area contributed by atoms with Crippen molar-refractivity contribution >= 4 is 22.2 Å². The normalized spacial score (nSPS) is 9.93. The summed E-state index contributed by atoms with van der Waals surface area (Å²) in [5.74, 6) is 0. The maximum absolute atomic E-state index is 10.8. The zero-order valence-corrected chi connectivity index (χ0v) is 9.49. The third kappa shape index (κ3) is 2.00. The van der Waals surface area contributed by atoms with Gasteiger partial charge in [0.25, 0.3) is 0 Å². The van der Waals surface area contributed by atoms with E-state index in [-0.39, 0.29) is 0 Å². The van der Waals surface area contributed by atoms with E-state index in [1.165, 1.54) is 0 Å². The minimum Gasteiger partial charge on any atom is -0.285 e. The summed E-state index contributed by atoms with van der Waals surface area (Å²) < 4.78 is 0.912. The van der Waals surface area contributed by atoms with Crippen LogP contribution in [-0.2, 0) is 4.79 Å². The number of halogens is 1. The summed E-state index contributed by atoms with van der Waals surface area (Å²) in [7, 11) is 0. The molecule has 1 radical (unpaired) electrons. The van der Waals surface area contributed by atoms with E-state index in [9.17, 15) is 4.79 Å². The molecule has 0 saturated carbocycles. The first-order chi connectivity index (χ1) is 7.33. The van der Waals surface area contributed by atoms with Crippen LogP contribution in [-0.4, -0.2) is 6.29 Å². The fraction of sp³-hybridized carbons (Fsp3) is 0. The van der Waals surface area contributed by atoms with Crippen molar-refractivity contribution in [2.75, 3.05) is 0 Å². The number of hydrogen-bond donors (Lipinski definition) is 0. The molecule has 0 heterocycles. The molecule has 2 rings (SSSR count). The first-order valence-electron chi connectivity index (χ1n) is 4.55. The van der Waals surface area contributed by atoms with Crippen molar-refractivity contribution in [2.45, 2.75) is 0 Å². The van der Waals surface area contributed by atoms with Crippen molar-refractivity contribution in [1.29, 1.82) is 0 Å². The SMILES string of the molecule is O=[C]c1cccc(Br)c1-c1ccccc1. The molecule has 0 aliphatic rings. The molecule has 0 N–H and O–H groups in total. The van der Waals surface area contributed by atoms with Crippen LogP contribution in [0.15, 0.2) is 53.0 Å². The van der Waals surface area contributed by atoms with Gasteiger partial charge in [0, 0.05) is 15.6 Å². The minimum absolute atomic E-state index is 0.579. The van der Waals surface area contributed by atoms with Gasteiger partial charge in [-0.15, -0.1) is 0 Å². The lowest BCUT2D eigenvalue weighted by atomic mass is 10.0. The molecule has 0 bridgehead atoms. The van der Waals surface area contributed by atoms with E-state index in [1.807, 2.05) is 48.8 Å². The van der Waals surface area contributed by atoms with Crippen molar-refractivity contribution in [3.63, 3.8) is 0 Å². The monoisotopic (exact) mass is 259 g/mol. The maximum atomic E-state index is 10.8. The van der Waals surface area contributed by atoms with Gasteiger partial charge in [0.15, 0.2) is 0 Å². The summed E-state index contributed by atoms with van der Waals surface area (Å²) in [6, 6.07) is 15.3. The maximum Gasteiger partial charge on any atom is 0.234 e. The molecule has 0 amide bonds. The molecule has 0 unspecified atom stereocenters. The van der Waals surface area contributed by atoms with Gasteiger partial charge in [-0.2, -0.15) is 0 Å². The predicted octanol–water partition coefficient (Wildman–Crippen LogP) is 3.57. The average Bonchev–Trinajstić information content (AvgIpc) is 2.29. The van der Waals surface area contributed by atoms with Gasteiger partial charge < -0.3 is 0 Å². The molecule has 15 heavy (non-hydrogen) atoms. The van der Waals surface area contributed by atoms with E-state index in [0.29, 0.717) is 5.56 Å². The van der Waals surface area contributed by atoms with Gasteiger partial charge >= 0.3 is 0 Å². The summed E-state index contributed by atoms with van der Waals surface area (Å²) in [6.45, 7) is 0. The Kier molecular flexibility index (Phi) is 2.97. The molecular formula is C13H8BrO. The molecule has 0 aliphatic carbocycles.